The van der Waals surface area contributed by atoms with Gasteiger partial charge in [-0.25, -0.2) is 8.42 Å². The molecule has 4 heteroatoms. The molecule has 21 heavy (non-hydrogen) atoms. The van der Waals surface area contributed by atoms with Crippen LogP contribution in [0.5, 0.6) is 0 Å². The molecule has 3 nitrogen and oxygen atoms in total. The molecule has 1 aliphatic rings. The maximum Gasteiger partial charge on any atom is 0.182 e. The van der Waals surface area contributed by atoms with E-state index in [9.17, 15) is 13.5 Å². The maximum atomic E-state index is 12.7. The van der Waals surface area contributed by atoms with Crippen molar-refractivity contribution in [3.8, 4) is 0 Å². The van der Waals surface area contributed by atoms with Crippen LogP contribution >= 0.6 is 0 Å². The largest absolute Gasteiger partial charge is 0.396 e. The van der Waals surface area contributed by atoms with E-state index in [-0.39, 0.29) is 18.4 Å². The first-order valence-corrected chi connectivity index (χ1v) is 8.56. The molecule has 1 saturated carbocycles. The van der Waals surface area contributed by atoms with Gasteiger partial charge in [0.2, 0.25) is 0 Å². The van der Waals surface area contributed by atoms with E-state index >= 15 is 0 Å². The minimum absolute atomic E-state index is 0.102. The summed E-state index contributed by atoms with van der Waals surface area (Å²) in [5.41, 5.74) is 2.13. The highest BCUT2D eigenvalue weighted by atomic mass is 32.2. The monoisotopic (exact) mass is 302 g/mol. The van der Waals surface area contributed by atoms with Crippen LogP contribution in [-0.2, 0) is 9.84 Å². The molecule has 0 unspecified atom stereocenters. The maximum absolute atomic E-state index is 12.7. The molecule has 0 saturated heterocycles. The van der Waals surface area contributed by atoms with Crippen molar-refractivity contribution in [2.75, 3.05) is 6.61 Å². The summed E-state index contributed by atoms with van der Waals surface area (Å²) < 4.78 is 25.4. The Morgan fingerprint density at radius 2 is 1.62 bits per heavy atom. The van der Waals surface area contributed by atoms with Gasteiger partial charge >= 0.3 is 0 Å². The first-order chi connectivity index (χ1) is 10.1. The molecule has 2 aromatic carbocycles. The van der Waals surface area contributed by atoms with E-state index in [2.05, 4.69) is 0 Å². The van der Waals surface area contributed by atoms with Crippen molar-refractivity contribution >= 4 is 9.84 Å². The molecule has 0 heterocycles. The van der Waals surface area contributed by atoms with E-state index in [1.807, 2.05) is 31.2 Å². The normalized spacial score (nSPS) is 24.8. The van der Waals surface area contributed by atoms with Gasteiger partial charge in [0.1, 0.15) is 0 Å². The molecule has 0 amide bonds. The lowest BCUT2D eigenvalue weighted by atomic mass is 10.1. The molecule has 3 rings (SSSR count). The van der Waals surface area contributed by atoms with Gasteiger partial charge in [-0.05, 0) is 24.6 Å². The first-order valence-electron chi connectivity index (χ1n) is 7.02. The van der Waals surface area contributed by atoms with Crippen molar-refractivity contribution < 1.29 is 13.5 Å². The summed E-state index contributed by atoms with van der Waals surface area (Å²) in [6, 6.07) is 16.4. The van der Waals surface area contributed by atoms with Crippen molar-refractivity contribution in [2.24, 2.45) is 5.92 Å². The van der Waals surface area contributed by atoms with Crippen molar-refractivity contribution in [3.63, 3.8) is 0 Å². The van der Waals surface area contributed by atoms with E-state index in [1.54, 1.807) is 30.3 Å². The molecule has 1 aliphatic carbocycles. The van der Waals surface area contributed by atoms with Crippen LogP contribution in [0.4, 0.5) is 0 Å². The van der Waals surface area contributed by atoms with Crippen LogP contribution in [0.3, 0.4) is 0 Å². The third kappa shape index (κ3) is 2.49. The lowest BCUT2D eigenvalue weighted by Gasteiger charge is -2.04. The summed E-state index contributed by atoms with van der Waals surface area (Å²) in [4.78, 5) is 0.336. The number of benzene rings is 2. The Hall–Kier alpha value is -1.65. The average molecular weight is 302 g/mol. The molecule has 0 spiro atoms. The molecule has 0 bridgehead atoms. The van der Waals surface area contributed by atoms with Gasteiger partial charge in [-0.2, -0.15) is 0 Å². The summed E-state index contributed by atoms with van der Waals surface area (Å²) in [6.07, 6.45) is 0. The second kappa shape index (κ2) is 5.28. The van der Waals surface area contributed by atoms with E-state index < -0.39 is 15.1 Å². The highest BCUT2D eigenvalue weighted by molar-refractivity contribution is 7.92. The van der Waals surface area contributed by atoms with Crippen molar-refractivity contribution in [1.82, 2.24) is 0 Å². The second-order valence-electron chi connectivity index (χ2n) is 5.61. The number of aryl methyl sites for hydroxylation is 1. The molecule has 0 aromatic heterocycles. The van der Waals surface area contributed by atoms with Gasteiger partial charge in [0, 0.05) is 18.4 Å². The Bertz CT molecular complexity index is 720. The number of aliphatic hydroxyl groups excluding tert-OH is 1. The summed E-state index contributed by atoms with van der Waals surface area (Å²) in [7, 11) is -3.39. The van der Waals surface area contributed by atoms with E-state index in [1.165, 1.54) is 0 Å². The highest BCUT2D eigenvalue weighted by Gasteiger charge is 2.58. The lowest BCUT2D eigenvalue weighted by molar-refractivity contribution is 0.274. The first kappa shape index (κ1) is 14.3. The third-order valence-electron chi connectivity index (χ3n) is 4.20. The van der Waals surface area contributed by atoms with Gasteiger partial charge in [-0.15, -0.1) is 0 Å². The standard InChI is InChI=1S/C17H18O3S/c1-12-7-9-13(10-8-12)16-15(11-18)17(16)21(19,20)14-5-3-2-4-6-14/h2-10,15-18H,11H2,1H3/t15-,16+,17+/m0/s1. The predicted octanol–water partition coefficient (Wildman–Crippen LogP) is 2.54. The van der Waals surface area contributed by atoms with E-state index in [4.69, 9.17) is 0 Å². The molecule has 1 fully saturated rings. The van der Waals surface area contributed by atoms with Crippen LogP contribution in [0.2, 0.25) is 0 Å². The topological polar surface area (TPSA) is 54.4 Å². The van der Waals surface area contributed by atoms with Crippen LogP contribution in [-0.4, -0.2) is 25.4 Å². The quantitative estimate of drug-likeness (QED) is 0.944. The Morgan fingerprint density at radius 1 is 1.00 bits per heavy atom. The Balaban J connectivity index is 1.94. The molecular formula is C17H18O3S. The van der Waals surface area contributed by atoms with Crippen molar-refractivity contribution in [2.45, 2.75) is 23.0 Å². The minimum atomic E-state index is -3.39. The zero-order valence-corrected chi connectivity index (χ0v) is 12.6. The number of sulfone groups is 1. The Morgan fingerprint density at radius 3 is 2.19 bits per heavy atom. The predicted molar refractivity (Wildman–Crippen MR) is 81.9 cm³/mol. The van der Waals surface area contributed by atoms with Crippen LogP contribution in [0.25, 0.3) is 0 Å². The van der Waals surface area contributed by atoms with E-state index in [0.29, 0.717) is 4.90 Å². The van der Waals surface area contributed by atoms with Gasteiger partial charge in [0.15, 0.2) is 9.84 Å². The van der Waals surface area contributed by atoms with Crippen LogP contribution in [0.1, 0.15) is 17.0 Å². The highest BCUT2D eigenvalue weighted by Crippen LogP contribution is 2.53. The minimum Gasteiger partial charge on any atom is -0.396 e. The molecule has 110 valence electrons. The Kier molecular flexibility index (Phi) is 3.59. The number of hydrogen-bond acceptors (Lipinski definition) is 3. The molecule has 2 aromatic rings. The number of rotatable bonds is 4. The van der Waals surface area contributed by atoms with Crippen LogP contribution < -0.4 is 0 Å². The zero-order chi connectivity index (χ0) is 15.0. The summed E-state index contributed by atoms with van der Waals surface area (Å²) in [5, 5.41) is 8.99. The van der Waals surface area contributed by atoms with Crippen LogP contribution in [0, 0.1) is 12.8 Å². The van der Waals surface area contributed by atoms with Crippen molar-refractivity contribution in [3.05, 3.63) is 65.7 Å². The average Bonchev–Trinajstić information content (AvgIpc) is 3.24. The molecular weight excluding hydrogens is 284 g/mol. The molecule has 0 radical (unpaired) electrons. The SMILES string of the molecule is Cc1ccc([C@@H]2[C@H](CO)[C@H]2S(=O)(=O)c2ccccc2)cc1. The van der Waals surface area contributed by atoms with Gasteiger partial charge in [0.25, 0.3) is 0 Å². The molecule has 3 atom stereocenters. The Labute approximate surface area is 125 Å². The fraction of sp³-hybridized carbons (Fsp3) is 0.294. The van der Waals surface area contributed by atoms with Gasteiger partial charge in [-0.3, -0.25) is 0 Å². The number of aliphatic hydroxyl groups is 1. The fourth-order valence-corrected chi connectivity index (χ4v) is 5.20. The summed E-state index contributed by atoms with van der Waals surface area (Å²) in [5.74, 6) is -0.321. The van der Waals surface area contributed by atoms with E-state index in [0.717, 1.165) is 11.1 Å². The number of hydrogen-bond donors (Lipinski definition) is 1. The summed E-state index contributed by atoms with van der Waals surface area (Å²) in [6.45, 7) is 1.90. The smallest absolute Gasteiger partial charge is 0.182 e. The third-order valence-corrected chi connectivity index (χ3v) is 6.49. The van der Waals surface area contributed by atoms with Gasteiger partial charge < -0.3 is 5.11 Å². The van der Waals surface area contributed by atoms with Crippen LogP contribution in [0.15, 0.2) is 59.5 Å². The van der Waals surface area contributed by atoms with Gasteiger partial charge in [-0.1, -0.05) is 48.0 Å². The fourth-order valence-electron chi connectivity index (χ4n) is 2.98. The van der Waals surface area contributed by atoms with Crippen molar-refractivity contribution in [1.29, 1.82) is 0 Å². The molecule has 0 aliphatic heterocycles. The zero-order valence-electron chi connectivity index (χ0n) is 11.8. The molecule has 1 N–H and O–H groups in total. The lowest BCUT2D eigenvalue weighted by Crippen LogP contribution is -2.11. The summed E-state index contributed by atoms with van der Waals surface area (Å²) >= 11 is 0. The van der Waals surface area contributed by atoms with Gasteiger partial charge in [0.05, 0.1) is 10.1 Å². The second-order valence-corrected chi connectivity index (χ2v) is 7.71.